The zero-order valence-corrected chi connectivity index (χ0v) is 14.6. The first-order valence-electron chi connectivity index (χ1n) is 9.66. The molecule has 0 unspecified atom stereocenters. The van der Waals surface area contributed by atoms with Crippen molar-refractivity contribution in [1.29, 1.82) is 0 Å². The second kappa shape index (κ2) is 6.76. The van der Waals surface area contributed by atoms with E-state index in [2.05, 4.69) is 16.7 Å². The van der Waals surface area contributed by atoms with Crippen molar-refractivity contribution in [2.75, 3.05) is 31.1 Å². The molecule has 0 bridgehead atoms. The first-order valence-corrected chi connectivity index (χ1v) is 9.66. The third-order valence-corrected chi connectivity index (χ3v) is 5.98. The minimum Gasteiger partial charge on any atom is -0.354 e. The van der Waals surface area contributed by atoms with Gasteiger partial charge in [-0.1, -0.05) is 19.3 Å². The van der Waals surface area contributed by atoms with Crippen LogP contribution in [0.5, 0.6) is 0 Å². The van der Waals surface area contributed by atoms with Crippen molar-refractivity contribution in [3.8, 4) is 0 Å². The summed E-state index contributed by atoms with van der Waals surface area (Å²) in [5.74, 6) is 2.21. The van der Waals surface area contributed by atoms with E-state index in [1.807, 2.05) is 0 Å². The summed E-state index contributed by atoms with van der Waals surface area (Å²) in [6.07, 6.45) is 12.1. The summed E-state index contributed by atoms with van der Waals surface area (Å²) in [5, 5.41) is 0. The minimum atomic E-state index is 0.854. The van der Waals surface area contributed by atoms with E-state index in [0.29, 0.717) is 0 Å². The second-order valence-electron chi connectivity index (χ2n) is 7.54. The molecular weight excluding hydrogens is 284 g/mol. The van der Waals surface area contributed by atoms with E-state index in [0.717, 1.165) is 31.4 Å². The third-order valence-electron chi connectivity index (χ3n) is 5.98. The van der Waals surface area contributed by atoms with Gasteiger partial charge < -0.3 is 4.90 Å². The lowest BCUT2D eigenvalue weighted by atomic mass is 9.93. The fourth-order valence-electron chi connectivity index (χ4n) is 4.70. The summed E-state index contributed by atoms with van der Waals surface area (Å²) >= 11 is 0. The number of rotatable bonds is 2. The zero-order valence-electron chi connectivity index (χ0n) is 14.6. The Bertz CT molecular complexity index is 543. The maximum atomic E-state index is 4.84. The van der Waals surface area contributed by atoms with Crippen molar-refractivity contribution in [3.05, 3.63) is 17.1 Å². The molecule has 4 nitrogen and oxygen atoms in total. The van der Waals surface area contributed by atoms with Crippen LogP contribution in [0.25, 0.3) is 0 Å². The van der Waals surface area contributed by atoms with E-state index in [1.54, 1.807) is 0 Å². The number of hydrogen-bond donors (Lipinski definition) is 0. The summed E-state index contributed by atoms with van der Waals surface area (Å²) in [6.45, 7) is 6.75. The van der Waals surface area contributed by atoms with E-state index < -0.39 is 0 Å². The Kier molecular flexibility index (Phi) is 4.52. The first kappa shape index (κ1) is 15.4. The molecule has 2 aliphatic carbocycles. The van der Waals surface area contributed by atoms with Gasteiger partial charge >= 0.3 is 0 Å². The quantitative estimate of drug-likeness (QED) is 0.839. The van der Waals surface area contributed by atoms with Crippen LogP contribution >= 0.6 is 0 Å². The molecule has 0 atom stereocenters. The smallest absolute Gasteiger partial charge is 0.135 e. The van der Waals surface area contributed by atoms with E-state index >= 15 is 0 Å². The van der Waals surface area contributed by atoms with Gasteiger partial charge in [0.25, 0.3) is 0 Å². The zero-order chi connectivity index (χ0) is 15.6. The van der Waals surface area contributed by atoms with Crippen LogP contribution in [0.3, 0.4) is 0 Å². The first-order chi connectivity index (χ1) is 11.3. The summed E-state index contributed by atoms with van der Waals surface area (Å²) in [4.78, 5) is 14.8. The molecule has 2 fully saturated rings. The maximum absolute atomic E-state index is 4.84. The van der Waals surface area contributed by atoms with Gasteiger partial charge in [-0.05, 0) is 45.4 Å². The molecule has 2 heterocycles. The molecule has 3 aliphatic rings. The standard InChI is InChI=1S/C19H30N4/c1-15-20-18-10-6-5-9-17(18)19(21-15)23-13-11-22(12-14-23)16-7-3-2-4-8-16/h16H,2-14H2,1H3. The van der Waals surface area contributed by atoms with Crippen LogP contribution in [-0.2, 0) is 12.8 Å². The molecule has 0 spiro atoms. The molecular formula is C19H30N4. The highest BCUT2D eigenvalue weighted by molar-refractivity contribution is 5.50. The Morgan fingerprint density at radius 3 is 2.35 bits per heavy atom. The predicted molar refractivity (Wildman–Crippen MR) is 94.1 cm³/mol. The van der Waals surface area contributed by atoms with Gasteiger partial charge in [-0.2, -0.15) is 0 Å². The van der Waals surface area contributed by atoms with Crippen LogP contribution in [0.15, 0.2) is 0 Å². The van der Waals surface area contributed by atoms with E-state index in [9.17, 15) is 0 Å². The summed E-state index contributed by atoms with van der Waals surface area (Å²) in [6, 6.07) is 0.854. The summed E-state index contributed by atoms with van der Waals surface area (Å²) in [7, 11) is 0. The van der Waals surface area contributed by atoms with Crippen molar-refractivity contribution in [2.45, 2.75) is 70.8 Å². The molecule has 126 valence electrons. The Hall–Kier alpha value is -1.16. The molecule has 23 heavy (non-hydrogen) atoms. The van der Waals surface area contributed by atoms with Gasteiger partial charge in [0.15, 0.2) is 0 Å². The fraction of sp³-hybridized carbons (Fsp3) is 0.789. The number of anilines is 1. The number of aryl methyl sites for hydroxylation is 2. The van der Waals surface area contributed by atoms with Gasteiger partial charge in [0.2, 0.25) is 0 Å². The number of piperazine rings is 1. The molecule has 0 N–H and O–H groups in total. The van der Waals surface area contributed by atoms with E-state index in [1.165, 1.54) is 81.5 Å². The fourth-order valence-corrected chi connectivity index (χ4v) is 4.70. The molecule has 1 saturated carbocycles. The van der Waals surface area contributed by atoms with Gasteiger partial charge in [-0.3, -0.25) is 4.90 Å². The van der Waals surface area contributed by atoms with Crippen LogP contribution < -0.4 is 4.90 Å². The van der Waals surface area contributed by atoms with Crippen molar-refractivity contribution >= 4 is 5.82 Å². The van der Waals surface area contributed by atoms with Crippen molar-refractivity contribution in [2.24, 2.45) is 0 Å². The highest BCUT2D eigenvalue weighted by atomic mass is 15.3. The highest BCUT2D eigenvalue weighted by Gasteiger charge is 2.28. The van der Waals surface area contributed by atoms with Crippen LogP contribution in [0, 0.1) is 6.92 Å². The second-order valence-corrected chi connectivity index (χ2v) is 7.54. The van der Waals surface area contributed by atoms with Crippen molar-refractivity contribution < 1.29 is 0 Å². The average Bonchev–Trinajstić information content (AvgIpc) is 2.62. The monoisotopic (exact) mass is 314 g/mol. The van der Waals surface area contributed by atoms with Crippen LogP contribution in [-0.4, -0.2) is 47.1 Å². The molecule has 4 rings (SSSR count). The molecule has 1 aliphatic heterocycles. The Balaban J connectivity index is 1.47. The lowest BCUT2D eigenvalue weighted by Crippen LogP contribution is -2.51. The molecule has 1 saturated heterocycles. The van der Waals surface area contributed by atoms with Gasteiger partial charge in [0, 0.05) is 43.5 Å². The topological polar surface area (TPSA) is 32.3 Å². The van der Waals surface area contributed by atoms with Crippen molar-refractivity contribution in [3.63, 3.8) is 0 Å². The molecule has 4 heteroatoms. The van der Waals surface area contributed by atoms with Gasteiger partial charge in [0.1, 0.15) is 11.6 Å². The summed E-state index contributed by atoms with van der Waals surface area (Å²) < 4.78 is 0. The SMILES string of the molecule is Cc1nc2c(c(N3CCN(C4CCCCC4)CC3)n1)CCCC2. The normalized spacial score (nSPS) is 23.8. The van der Waals surface area contributed by atoms with Crippen LogP contribution in [0.2, 0.25) is 0 Å². The minimum absolute atomic E-state index is 0.854. The average molecular weight is 314 g/mol. The Morgan fingerprint density at radius 1 is 0.826 bits per heavy atom. The molecule has 1 aromatic rings. The largest absolute Gasteiger partial charge is 0.354 e. The summed E-state index contributed by atoms with van der Waals surface area (Å²) in [5.41, 5.74) is 2.78. The molecule has 1 aromatic heterocycles. The molecule has 0 aromatic carbocycles. The lowest BCUT2D eigenvalue weighted by Gasteiger charge is -2.41. The Labute approximate surface area is 140 Å². The number of fused-ring (bicyclic) bond motifs is 1. The Morgan fingerprint density at radius 2 is 1.57 bits per heavy atom. The molecule has 0 radical (unpaired) electrons. The van der Waals surface area contributed by atoms with Gasteiger partial charge in [-0.25, -0.2) is 9.97 Å². The van der Waals surface area contributed by atoms with Crippen molar-refractivity contribution in [1.82, 2.24) is 14.9 Å². The lowest BCUT2D eigenvalue weighted by molar-refractivity contribution is 0.147. The van der Waals surface area contributed by atoms with Crippen LogP contribution in [0.1, 0.15) is 62.0 Å². The van der Waals surface area contributed by atoms with Crippen LogP contribution in [0.4, 0.5) is 5.82 Å². The number of hydrogen-bond acceptors (Lipinski definition) is 4. The van der Waals surface area contributed by atoms with Gasteiger partial charge in [0.05, 0.1) is 0 Å². The number of nitrogens with zero attached hydrogens (tertiary/aromatic N) is 4. The number of aromatic nitrogens is 2. The predicted octanol–water partition coefficient (Wildman–Crippen LogP) is 3.12. The third kappa shape index (κ3) is 3.23. The van der Waals surface area contributed by atoms with E-state index in [4.69, 9.17) is 9.97 Å². The van der Waals surface area contributed by atoms with Gasteiger partial charge in [-0.15, -0.1) is 0 Å². The maximum Gasteiger partial charge on any atom is 0.135 e. The highest BCUT2D eigenvalue weighted by Crippen LogP contribution is 2.30. The molecule has 0 amide bonds. The van der Waals surface area contributed by atoms with E-state index in [-0.39, 0.29) is 0 Å².